The van der Waals surface area contributed by atoms with Gasteiger partial charge in [-0.25, -0.2) is 4.99 Å². The van der Waals surface area contributed by atoms with Crippen LogP contribution in [-0.4, -0.2) is 29.3 Å². The molecule has 5 heteroatoms. The Hall–Kier alpha value is -2.72. The van der Waals surface area contributed by atoms with Gasteiger partial charge in [0.2, 0.25) is 0 Å². The first kappa shape index (κ1) is 15.8. The van der Waals surface area contributed by atoms with Crippen LogP contribution in [0.4, 0.5) is 5.69 Å². The minimum Gasteiger partial charge on any atom is -0.342 e. The second kappa shape index (κ2) is 6.65. The highest BCUT2D eigenvalue weighted by molar-refractivity contribution is 6.80. The number of fused-ring (bicyclic) bond motifs is 1. The lowest BCUT2D eigenvalue weighted by Gasteiger charge is -2.26. The Morgan fingerprint density at radius 1 is 1.04 bits per heavy atom. The van der Waals surface area contributed by atoms with Crippen LogP contribution in [0.15, 0.2) is 75.8 Å². The van der Waals surface area contributed by atoms with Gasteiger partial charge in [-0.1, -0.05) is 54.1 Å². The molecule has 2 unspecified atom stereocenters. The summed E-state index contributed by atoms with van der Waals surface area (Å²) in [5, 5.41) is 3.87. The summed E-state index contributed by atoms with van der Waals surface area (Å²) in [6, 6.07) is 16.3. The number of nitrogens with one attached hydrogen (secondary N) is 1. The summed E-state index contributed by atoms with van der Waals surface area (Å²) >= 11 is 5.96. The van der Waals surface area contributed by atoms with Gasteiger partial charge in [0.1, 0.15) is 23.1 Å². The normalized spacial score (nSPS) is 21.4. The summed E-state index contributed by atoms with van der Waals surface area (Å²) in [6.45, 7) is 2.11. The zero-order chi connectivity index (χ0) is 17.2. The van der Waals surface area contributed by atoms with Crippen molar-refractivity contribution in [1.29, 1.82) is 0 Å². The Morgan fingerprint density at radius 2 is 1.88 bits per heavy atom. The molecule has 0 radical (unpaired) electrons. The monoisotopic (exact) mass is 348 g/mol. The Balaban J connectivity index is 1.65. The molecule has 2 aromatic carbocycles. The number of benzene rings is 2. The van der Waals surface area contributed by atoms with Crippen LogP contribution in [0.1, 0.15) is 5.56 Å². The highest BCUT2D eigenvalue weighted by atomic mass is 35.5. The minimum absolute atomic E-state index is 0.102. The van der Waals surface area contributed by atoms with Gasteiger partial charge in [-0.05, 0) is 35.8 Å². The number of nitrogens with zero attached hydrogens (tertiary/aromatic N) is 3. The Labute approximate surface area is 151 Å². The molecule has 0 bridgehead atoms. The number of aliphatic imine (C=N–C) groups is 3. The molecule has 2 aliphatic rings. The third-order valence-corrected chi connectivity index (χ3v) is 4.59. The van der Waals surface area contributed by atoms with Crippen molar-refractivity contribution in [2.75, 3.05) is 5.32 Å². The van der Waals surface area contributed by atoms with Crippen LogP contribution in [0.2, 0.25) is 0 Å². The summed E-state index contributed by atoms with van der Waals surface area (Å²) in [4.78, 5) is 13.4. The van der Waals surface area contributed by atoms with E-state index in [4.69, 9.17) is 11.6 Å². The third-order valence-electron chi connectivity index (χ3n) is 4.40. The standard InChI is InChI=1S/C20H17ClN4/c1-13-15(14-6-3-2-4-7-14)8-5-9-16(13)25-20-19-17(10-11-22-20)24-18(21)12-23-19/h2-12,17,19H,1H3,(H,22,25). The first-order valence-corrected chi connectivity index (χ1v) is 8.53. The molecule has 2 atom stereocenters. The van der Waals surface area contributed by atoms with E-state index in [1.807, 2.05) is 30.3 Å². The van der Waals surface area contributed by atoms with E-state index in [1.54, 1.807) is 12.4 Å². The van der Waals surface area contributed by atoms with Gasteiger partial charge in [-0.2, -0.15) is 0 Å². The maximum absolute atomic E-state index is 5.96. The zero-order valence-electron chi connectivity index (χ0n) is 13.7. The molecule has 0 fully saturated rings. The molecule has 4 rings (SSSR count). The van der Waals surface area contributed by atoms with Gasteiger partial charge in [0, 0.05) is 11.9 Å². The van der Waals surface area contributed by atoms with Crippen molar-refractivity contribution in [3.05, 3.63) is 66.4 Å². The predicted molar refractivity (Wildman–Crippen MR) is 106 cm³/mol. The molecule has 2 heterocycles. The quantitative estimate of drug-likeness (QED) is 0.855. The molecule has 1 N–H and O–H groups in total. The fourth-order valence-electron chi connectivity index (χ4n) is 3.09. The van der Waals surface area contributed by atoms with Crippen molar-refractivity contribution < 1.29 is 0 Å². The number of rotatable bonds is 2. The second-order valence-corrected chi connectivity index (χ2v) is 6.38. The summed E-state index contributed by atoms with van der Waals surface area (Å²) < 4.78 is 0. The van der Waals surface area contributed by atoms with Crippen molar-refractivity contribution in [1.82, 2.24) is 0 Å². The molecule has 0 saturated heterocycles. The number of halogens is 1. The first-order chi connectivity index (χ1) is 12.2. The number of anilines is 1. The van der Waals surface area contributed by atoms with Gasteiger partial charge in [-0.15, -0.1) is 0 Å². The first-order valence-electron chi connectivity index (χ1n) is 8.15. The van der Waals surface area contributed by atoms with E-state index in [0.29, 0.717) is 5.17 Å². The van der Waals surface area contributed by atoms with Gasteiger partial charge in [0.05, 0.1) is 6.21 Å². The van der Waals surface area contributed by atoms with E-state index in [1.165, 1.54) is 16.7 Å². The Kier molecular flexibility index (Phi) is 4.20. The maximum Gasteiger partial charge on any atom is 0.142 e. The van der Waals surface area contributed by atoms with Crippen LogP contribution < -0.4 is 5.32 Å². The fraction of sp³-hybridized carbons (Fsp3) is 0.150. The minimum atomic E-state index is -0.160. The molecule has 0 aliphatic carbocycles. The van der Waals surface area contributed by atoms with Crippen LogP contribution in [0, 0.1) is 6.92 Å². The number of amidine groups is 1. The van der Waals surface area contributed by atoms with Crippen LogP contribution in [0.25, 0.3) is 11.1 Å². The molecule has 0 saturated carbocycles. The second-order valence-electron chi connectivity index (χ2n) is 5.99. The van der Waals surface area contributed by atoms with Crippen molar-refractivity contribution in [3.63, 3.8) is 0 Å². The summed E-state index contributed by atoms with van der Waals surface area (Å²) in [6.07, 6.45) is 5.27. The number of hydrogen-bond acceptors (Lipinski definition) is 4. The van der Waals surface area contributed by atoms with Crippen molar-refractivity contribution in [3.8, 4) is 11.1 Å². The molecule has 4 nitrogen and oxygen atoms in total. The molecule has 124 valence electrons. The predicted octanol–water partition coefficient (Wildman–Crippen LogP) is 4.46. The third kappa shape index (κ3) is 3.13. The lowest BCUT2D eigenvalue weighted by atomic mass is 9.98. The van der Waals surface area contributed by atoms with E-state index < -0.39 is 0 Å². The van der Waals surface area contributed by atoms with Gasteiger partial charge in [-0.3, -0.25) is 9.98 Å². The lowest BCUT2D eigenvalue weighted by Crippen LogP contribution is -2.39. The fourth-order valence-corrected chi connectivity index (χ4v) is 3.26. The SMILES string of the molecule is Cc1c(NC2=NC=CC3N=C(Cl)C=NC23)cccc1-c1ccccc1. The van der Waals surface area contributed by atoms with Crippen LogP contribution >= 0.6 is 11.6 Å². The molecule has 2 aliphatic heterocycles. The van der Waals surface area contributed by atoms with Gasteiger partial charge < -0.3 is 5.32 Å². The van der Waals surface area contributed by atoms with Crippen LogP contribution in [0.5, 0.6) is 0 Å². The lowest BCUT2D eigenvalue weighted by molar-refractivity contribution is 0.725. The summed E-state index contributed by atoms with van der Waals surface area (Å²) in [5.74, 6) is 0.782. The summed E-state index contributed by atoms with van der Waals surface area (Å²) in [5.41, 5.74) is 4.58. The van der Waals surface area contributed by atoms with Crippen LogP contribution in [0.3, 0.4) is 0 Å². The molecular weight excluding hydrogens is 332 g/mol. The smallest absolute Gasteiger partial charge is 0.142 e. The molecule has 25 heavy (non-hydrogen) atoms. The topological polar surface area (TPSA) is 49.1 Å². The van der Waals surface area contributed by atoms with Gasteiger partial charge >= 0.3 is 0 Å². The Morgan fingerprint density at radius 3 is 2.72 bits per heavy atom. The van der Waals surface area contributed by atoms with Gasteiger partial charge in [0.15, 0.2) is 0 Å². The van der Waals surface area contributed by atoms with Gasteiger partial charge in [0.25, 0.3) is 0 Å². The van der Waals surface area contributed by atoms with E-state index in [2.05, 4.69) is 51.5 Å². The van der Waals surface area contributed by atoms with Crippen molar-refractivity contribution in [2.24, 2.45) is 15.0 Å². The van der Waals surface area contributed by atoms with E-state index in [0.717, 1.165) is 11.5 Å². The highest BCUT2D eigenvalue weighted by Gasteiger charge is 2.28. The average molecular weight is 349 g/mol. The molecule has 0 aromatic heterocycles. The largest absolute Gasteiger partial charge is 0.342 e. The zero-order valence-corrected chi connectivity index (χ0v) is 14.5. The maximum atomic E-state index is 5.96. The van der Waals surface area contributed by atoms with E-state index in [9.17, 15) is 0 Å². The van der Waals surface area contributed by atoms with E-state index >= 15 is 0 Å². The molecular formula is C20H17ClN4. The van der Waals surface area contributed by atoms with E-state index in [-0.39, 0.29) is 12.1 Å². The van der Waals surface area contributed by atoms with Crippen LogP contribution in [-0.2, 0) is 0 Å². The Bertz CT molecular complexity index is 913. The highest BCUT2D eigenvalue weighted by Crippen LogP contribution is 2.29. The number of hydrogen-bond donors (Lipinski definition) is 1. The molecule has 0 spiro atoms. The summed E-state index contributed by atoms with van der Waals surface area (Å²) in [7, 11) is 0. The molecule has 2 aromatic rings. The molecule has 0 amide bonds. The van der Waals surface area contributed by atoms with Crippen molar-refractivity contribution >= 4 is 34.5 Å². The average Bonchev–Trinajstić information content (AvgIpc) is 2.64. The van der Waals surface area contributed by atoms with Crippen molar-refractivity contribution in [2.45, 2.75) is 19.0 Å².